The second-order valence-corrected chi connectivity index (χ2v) is 9.12. The lowest BCUT2D eigenvalue weighted by Crippen LogP contribution is -2.34. The van der Waals surface area contributed by atoms with E-state index in [0.717, 1.165) is 18.9 Å². The minimum Gasteiger partial charge on any atom is -0.328 e. The summed E-state index contributed by atoms with van der Waals surface area (Å²) in [6.45, 7) is 3.92. The van der Waals surface area contributed by atoms with Gasteiger partial charge in [0.05, 0.1) is 16.8 Å². The summed E-state index contributed by atoms with van der Waals surface area (Å²) in [5, 5.41) is 1.99. The second-order valence-electron chi connectivity index (χ2n) is 7.55. The number of carbonyl (C=O) groups excluding carboxylic acids is 1. The van der Waals surface area contributed by atoms with Gasteiger partial charge in [-0.25, -0.2) is 0 Å². The van der Waals surface area contributed by atoms with E-state index < -0.39 is 45.1 Å². The number of hydrogen-bond donors (Lipinski definition) is 1. The Morgan fingerprint density at radius 2 is 1.59 bits per heavy atom. The summed E-state index contributed by atoms with van der Waals surface area (Å²) < 4.78 is 107. The topological polar surface area (TPSA) is 78.8 Å². The minimum atomic E-state index is -5.08. The molecule has 0 saturated heterocycles. The highest BCUT2D eigenvalue weighted by Crippen LogP contribution is 2.38. The lowest BCUT2D eigenvalue weighted by atomic mass is 10.1. The van der Waals surface area contributed by atoms with Crippen LogP contribution in [0.5, 0.6) is 0 Å². The highest BCUT2D eigenvalue weighted by Gasteiger charge is 2.37. The summed E-state index contributed by atoms with van der Waals surface area (Å²) in [4.78, 5) is 14.0. The van der Waals surface area contributed by atoms with Gasteiger partial charge in [-0.2, -0.15) is 34.8 Å². The Morgan fingerprint density at radius 3 is 2.12 bits per heavy atom. The molecule has 1 amide bonds. The minimum absolute atomic E-state index is 0.0631. The summed E-state index contributed by atoms with van der Waals surface area (Å²) in [5.74, 6) is -0.848. The predicted molar refractivity (Wildman–Crippen MR) is 113 cm³/mol. The number of carbonyl (C=O) groups is 1. The van der Waals surface area contributed by atoms with E-state index in [4.69, 9.17) is 0 Å². The largest absolute Gasteiger partial charge is 0.416 e. The number of sulfonamides is 1. The van der Waals surface area contributed by atoms with Crippen LogP contribution >= 0.6 is 0 Å². The van der Waals surface area contributed by atoms with Crippen LogP contribution in [0.4, 0.5) is 37.7 Å². The average molecular weight is 507 g/mol. The molecular formula is C21H19F6N3O3S. The highest BCUT2D eigenvalue weighted by molar-refractivity contribution is 7.90. The third kappa shape index (κ3) is 5.34. The molecule has 0 bridgehead atoms. The number of benzene rings is 2. The maximum absolute atomic E-state index is 13.1. The van der Waals surface area contributed by atoms with Crippen LogP contribution in [-0.2, 0) is 22.4 Å². The van der Waals surface area contributed by atoms with E-state index in [1.54, 1.807) is 4.90 Å². The molecule has 0 aliphatic carbocycles. The van der Waals surface area contributed by atoms with Crippen LogP contribution in [0.1, 0.15) is 48.2 Å². The van der Waals surface area contributed by atoms with E-state index >= 15 is 0 Å². The van der Waals surface area contributed by atoms with Crippen molar-refractivity contribution >= 4 is 33.1 Å². The Labute approximate surface area is 191 Å². The Balaban J connectivity index is 1.99. The zero-order valence-corrected chi connectivity index (χ0v) is 18.7. The molecule has 0 atom stereocenters. The number of halogens is 6. The van der Waals surface area contributed by atoms with Crippen molar-refractivity contribution in [2.24, 2.45) is 4.40 Å². The van der Waals surface area contributed by atoms with Gasteiger partial charge < -0.3 is 10.2 Å². The number of anilines is 2. The predicted octanol–water partition coefficient (Wildman–Crippen LogP) is 5.70. The molecule has 1 aliphatic heterocycles. The number of fused-ring (bicyclic) bond motifs is 1. The molecule has 34 heavy (non-hydrogen) atoms. The smallest absolute Gasteiger partial charge is 0.328 e. The van der Waals surface area contributed by atoms with Crippen LogP contribution in [0, 0.1) is 0 Å². The first kappa shape index (κ1) is 25.5. The molecule has 2 aromatic carbocycles. The number of hydrogen-bond acceptors (Lipinski definition) is 4. The van der Waals surface area contributed by atoms with Crippen molar-refractivity contribution in [2.45, 2.75) is 43.9 Å². The van der Waals surface area contributed by atoms with Crippen LogP contribution in [0.25, 0.3) is 0 Å². The summed E-state index contributed by atoms with van der Waals surface area (Å²) in [6.07, 6.45) is -8.62. The number of amidine groups is 1. The van der Waals surface area contributed by atoms with E-state index in [1.165, 1.54) is 19.1 Å². The van der Waals surface area contributed by atoms with Crippen LogP contribution < -0.4 is 10.2 Å². The first-order valence-corrected chi connectivity index (χ1v) is 11.4. The maximum Gasteiger partial charge on any atom is 0.416 e. The third-order valence-electron chi connectivity index (χ3n) is 5.01. The van der Waals surface area contributed by atoms with Crippen LogP contribution in [0.15, 0.2) is 45.7 Å². The van der Waals surface area contributed by atoms with Gasteiger partial charge in [-0.3, -0.25) is 4.79 Å². The Bertz CT molecular complexity index is 1220. The van der Waals surface area contributed by atoms with Gasteiger partial charge in [0.1, 0.15) is 10.7 Å². The van der Waals surface area contributed by atoms with Gasteiger partial charge in [0.2, 0.25) is 0 Å². The van der Waals surface area contributed by atoms with Gasteiger partial charge >= 0.3 is 12.4 Å². The lowest BCUT2D eigenvalue weighted by Gasteiger charge is -2.29. The molecule has 0 fully saturated rings. The fraction of sp³-hybridized carbons (Fsp3) is 0.333. The molecule has 1 N–H and O–H groups in total. The molecule has 6 nitrogen and oxygen atoms in total. The standard InChI is InChI=1S/C21H19F6N3O3S/c1-3-4-7-30-12(2)29-34(32,33)18-8-13(5-6-17(18)30)19(31)28-16-10-14(20(22,23)24)9-15(11-16)21(25,26)27/h5-6,8-11H,3-4,7H2,1-2H3,(H,28,31). The molecule has 2 aromatic rings. The fourth-order valence-electron chi connectivity index (χ4n) is 3.36. The first-order chi connectivity index (χ1) is 15.6. The van der Waals surface area contributed by atoms with Crippen molar-refractivity contribution in [3.63, 3.8) is 0 Å². The zero-order valence-electron chi connectivity index (χ0n) is 17.9. The van der Waals surface area contributed by atoms with E-state index in [9.17, 15) is 39.6 Å². The van der Waals surface area contributed by atoms with Crippen molar-refractivity contribution in [3.05, 3.63) is 53.1 Å². The maximum atomic E-state index is 13.1. The summed E-state index contributed by atoms with van der Waals surface area (Å²) >= 11 is 0. The van der Waals surface area contributed by atoms with Crippen molar-refractivity contribution < 1.29 is 39.6 Å². The number of unbranched alkanes of at least 4 members (excludes halogenated alkanes) is 1. The van der Waals surface area contributed by atoms with Gasteiger partial charge in [0.25, 0.3) is 15.9 Å². The number of rotatable bonds is 5. The van der Waals surface area contributed by atoms with Crippen molar-refractivity contribution in [3.8, 4) is 0 Å². The van der Waals surface area contributed by atoms with Crippen molar-refractivity contribution in [2.75, 3.05) is 16.8 Å². The quantitative estimate of drug-likeness (QED) is 0.527. The Hall–Kier alpha value is -3.09. The van der Waals surface area contributed by atoms with E-state index in [2.05, 4.69) is 4.40 Å². The monoisotopic (exact) mass is 507 g/mol. The molecule has 1 aliphatic rings. The molecule has 1 heterocycles. The van der Waals surface area contributed by atoms with E-state index in [-0.39, 0.29) is 28.0 Å². The molecule has 0 radical (unpaired) electrons. The highest BCUT2D eigenvalue weighted by atomic mass is 32.2. The fourth-order valence-corrected chi connectivity index (χ4v) is 4.62. The molecule has 184 valence electrons. The SMILES string of the molecule is CCCCN1C(C)=NS(=O)(=O)c2cc(C(=O)Nc3cc(C(F)(F)F)cc(C(F)(F)F)c3)ccc21. The number of amides is 1. The van der Waals surface area contributed by atoms with Gasteiger partial charge in [-0.15, -0.1) is 4.40 Å². The van der Waals surface area contributed by atoms with E-state index in [1.807, 2.05) is 12.2 Å². The lowest BCUT2D eigenvalue weighted by molar-refractivity contribution is -0.143. The third-order valence-corrected chi connectivity index (χ3v) is 6.40. The molecule has 0 aromatic heterocycles. The van der Waals surface area contributed by atoms with Gasteiger partial charge in [-0.05, 0) is 49.7 Å². The van der Waals surface area contributed by atoms with Crippen LogP contribution in [0.3, 0.4) is 0 Å². The Morgan fingerprint density at radius 1 is 1.00 bits per heavy atom. The van der Waals surface area contributed by atoms with Crippen molar-refractivity contribution in [1.82, 2.24) is 0 Å². The molecule has 0 saturated carbocycles. The summed E-state index contributed by atoms with van der Waals surface area (Å²) in [7, 11) is -4.16. The Kier molecular flexibility index (Phi) is 6.71. The molecule has 0 unspecified atom stereocenters. The van der Waals surface area contributed by atoms with Crippen LogP contribution in [0.2, 0.25) is 0 Å². The summed E-state index contributed by atoms with van der Waals surface area (Å²) in [5.41, 5.74) is -3.94. The number of alkyl halides is 6. The molecule has 3 rings (SSSR count). The number of nitrogens with zero attached hydrogens (tertiary/aromatic N) is 2. The first-order valence-electron chi connectivity index (χ1n) is 9.97. The van der Waals surface area contributed by atoms with Gasteiger partial charge in [-0.1, -0.05) is 13.3 Å². The summed E-state index contributed by atoms with van der Waals surface area (Å²) in [6, 6.07) is 4.24. The molecule has 13 heteroatoms. The average Bonchev–Trinajstić information content (AvgIpc) is 2.71. The van der Waals surface area contributed by atoms with Gasteiger partial charge in [0, 0.05) is 17.8 Å². The molecule has 0 spiro atoms. The van der Waals surface area contributed by atoms with Gasteiger partial charge in [0.15, 0.2) is 0 Å². The number of nitrogens with one attached hydrogen (secondary N) is 1. The zero-order chi connectivity index (χ0) is 25.5. The van der Waals surface area contributed by atoms with E-state index in [0.29, 0.717) is 18.7 Å². The van der Waals surface area contributed by atoms with Crippen LogP contribution in [-0.4, -0.2) is 26.7 Å². The van der Waals surface area contributed by atoms with Crippen molar-refractivity contribution in [1.29, 1.82) is 0 Å². The second kappa shape index (κ2) is 8.93. The molecular weight excluding hydrogens is 488 g/mol. The normalized spacial score (nSPS) is 15.5.